The molecule has 1 aromatic rings. The van der Waals surface area contributed by atoms with Gasteiger partial charge in [0.05, 0.1) is 6.10 Å². The van der Waals surface area contributed by atoms with Gasteiger partial charge < -0.3 is 15.2 Å². The summed E-state index contributed by atoms with van der Waals surface area (Å²) >= 11 is 3.40. The summed E-state index contributed by atoms with van der Waals surface area (Å²) in [6, 6.07) is 8.10. The maximum atomic E-state index is 9.21. The molecule has 0 aliphatic heterocycles. The maximum Gasteiger partial charge on any atom is 0.120 e. The molecule has 96 valence electrons. The van der Waals surface area contributed by atoms with Gasteiger partial charge in [0.25, 0.3) is 0 Å². The van der Waals surface area contributed by atoms with Gasteiger partial charge in [-0.25, -0.2) is 0 Å². The van der Waals surface area contributed by atoms with E-state index in [4.69, 9.17) is 4.74 Å². The molecule has 0 saturated carbocycles. The second-order valence-electron chi connectivity index (χ2n) is 4.25. The highest BCUT2D eigenvalue weighted by Gasteiger charge is 2.04. The Morgan fingerprint density at radius 2 is 2.18 bits per heavy atom. The predicted molar refractivity (Wildman–Crippen MR) is 73.4 cm³/mol. The molecule has 0 aliphatic rings. The van der Waals surface area contributed by atoms with E-state index in [1.165, 1.54) is 0 Å². The number of hydrogen-bond donors (Lipinski definition) is 2. The summed E-state index contributed by atoms with van der Waals surface area (Å²) in [5.74, 6) is 0.865. The molecule has 4 heteroatoms. The highest BCUT2D eigenvalue weighted by atomic mass is 79.9. The lowest BCUT2D eigenvalue weighted by atomic mass is 10.1. The Labute approximate surface area is 111 Å². The monoisotopic (exact) mass is 301 g/mol. The summed E-state index contributed by atoms with van der Waals surface area (Å²) < 4.78 is 6.61. The third kappa shape index (κ3) is 6.66. The second kappa shape index (κ2) is 7.69. The number of aliphatic hydroxyl groups excluding tert-OH is 1. The van der Waals surface area contributed by atoms with Gasteiger partial charge in [-0.2, -0.15) is 0 Å². The Kier molecular flexibility index (Phi) is 6.55. The molecule has 2 unspecified atom stereocenters. The van der Waals surface area contributed by atoms with Gasteiger partial charge in [0, 0.05) is 17.1 Å². The first-order valence-corrected chi connectivity index (χ1v) is 6.67. The molecule has 0 saturated heterocycles. The van der Waals surface area contributed by atoms with Gasteiger partial charge in [-0.05, 0) is 38.5 Å². The minimum absolute atomic E-state index is 0.261. The molecule has 2 atom stereocenters. The maximum absolute atomic E-state index is 9.21. The molecule has 0 amide bonds. The number of nitrogens with one attached hydrogen (secondary N) is 1. The second-order valence-corrected chi connectivity index (χ2v) is 5.16. The van der Waals surface area contributed by atoms with E-state index in [2.05, 4.69) is 28.2 Å². The average Bonchev–Trinajstić information content (AvgIpc) is 2.23. The highest BCUT2D eigenvalue weighted by Crippen LogP contribution is 2.17. The van der Waals surface area contributed by atoms with Crippen LogP contribution in [0.2, 0.25) is 0 Å². The van der Waals surface area contributed by atoms with Crippen molar-refractivity contribution in [2.45, 2.75) is 32.4 Å². The van der Waals surface area contributed by atoms with E-state index in [0.29, 0.717) is 12.6 Å². The van der Waals surface area contributed by atoms with Crippen molar-refractivity contribution in [3.8, 4) is 5.75 Å². The Bertz CT molecular complexity index is 331. The Hall–Kier alpha value is -0.580. The largest absolute Gasteiger partial charge is 0.492 e. The van der Waals surface area contributed by atoms with Gasteiger partial charge in [0.15, 0.2) is 0 Å². The van der Waals surface area contributed by atoms with Crippen LogP contribution in [0.3, 0.4) is 0 Å². The number of hydrogen-bond acceptors (Lipinski definition) is 3. The van der Waals surface area contributed by atoms with Crippen molar-refractivity contribution >= 4 is 15.9 Å². The fourth-order valence-corrected chi connectivity index (χ4v) is 2.00. The van der Waals surface area contributed by atoms with Crippen LogP contribution < -0.4 is 10.1 Å². The van der Waals surface area contributed by atoms with Crippen molar-refractivity contribution in [3.63, 3.8) is 0 Å². The quantitative estimate of drug-likeness (QED) is 0.761. The minimum atomic E-state index is -0.261. The fourth-order valence-electron chi connectivity index (χ4n) is 1.63. The average molecular weight is 302 g/mol. The van der Waals surface area contributed by atoms with Crippen LogP contribution in [-0.4, -0.2) is 30.4 Å². The zero-order valence-electron chi connectivity index (χ0n) is 10.3. The molecule has 1 rings (SSSR count). The molecule has 0 radical (unpaired) electrons. The van der Waals surface area contributed by atoms with Crippen LogP contribution in [0.15, 0.2) is 28.7 Å². The molecule has 17 heavy (non-hydrogen) atoms. The normalized spacial score (nSPS) is 14.4. The first-order chi connectivity index (χ1) is 8.08. The lowest BCUT2D eigenvalue weighted by Crippen LogP contribution is -2.32. The molecular weight excluding hydrogens is 282 g/mol. The molecule has 0 spiro atoms. The van der Waals surface area contributed by atoms with E-state index in [0.717, 1.165) is 23.2 Å². The van der Waals surface area contributed by atoms with Crippen LogP contribution >= 0.6 is 15.9 Å². The van der Waals surface area contributed by atoms with Gasteiger partial charge in [0.2, 0.25) is 0 Å². The van der Waals surface area contributed by atoms with E-state index in [1.54, 1.807) is 6.92 Å². The van der Waals surface area contributed by atoms with Crippen LogP contribution in [0.1, 0.15) is 20.3 Å². The summed E-state index contributed by atoms with van der Waals surface area (Å²) in [5.41, 5.74) is 0. The smallest absolute Gasteiger partial charge is 0.120 e. The number of rotatable bonds is 7. The van der Waals surface area contributed by atoms with Crippen LogP contribution in [0.5, 0.6) is 5.75 Å². The third-order valence-corrected chi connectivity index (χ3v) is 2.85. The van der Waals surface area contributed by atoms with E-state index in [9.17, 15) is 5.11 Å². The first kappa shape index (κ1) is 14.5. The molecule has 0 heterocycles. The first-order valence-electron chi connectivity index (χ1n) is 5.87. The van der Waals surface area contributed by atoms with Crippen molar-refractivity contribution < 1.29 is 9.84 Å². The minimum Gasteiger partial charge on any atom is -0.492 e. The highest BCUT2D eigenvalue weighted by molar-refractivity contribution is 9.10. The van der Waals surface area contributed by atoms with Crippen LogP contribution in [0, 0.1) is 0 Å². The molecule has 0 fully saturated rings. The molecule has 0 aromatic heterocycles. The Morgan fingerprint density at radius 1 is 1.41 bits per heavy atom. The molecule has 1 aromatic carbocycles. The third-order valence-electron chi connectivity index (χ3n) is 2.35. The molecule has 3 nitrogen and oxygen atoms in total. The van der Waals surface area contributed by atoms with Crippen molar-refractivity contribution in [2.24, 2.45) is 0 Å². The lowest BCUT2D eigenvalue weighted by molar-refractivity contribution is 0.169. The van der Waals surface area contributed by atoms with Gasteiger partial charge in [0.1, 0.15) is 12.4 Å². The standard InChI is InChI=1S/C13H20BrNO2/c1-10(8-11(2)16)15-6-7-17-13-5-3-4-12(14)9-13/h3-5,9-11,15-16H,6-8H2,1-2H3. The lowest BCUT2D eigenvalue weighted by Gasteiger charge is -2.15. The number of halogens is 1. The summed E-state index contributed by atoms with van der Waals surface area (Å²) in [5, 5.41) is 12.5. The van der Waals surface area contributed by atoms with E-state index in [1.807, 2.05) is 24.3 Å². The SMILES string of the molecule is CC(O)CC(C)NCCOc1cccc(Br)c1. The molecule has 2 N–H and O–H groups in total. The van der Waals surface area contributed by atoms with E-state index < -0.39 is 0 Å². The Morgan fingerprint density at radius 3 is 2.82 bits per heavy atom. The number of ether oxygens (including phenoxy) is 1. The summed E-state index contributed by atoms with van der Waals surface area (Å²) in [6.07, 6.45) is 0.500. The summed E-state index contributed by atoms with van der Waals surface area (Å²) in [4.78, 5) is 0. The predicted octanol–water partition coefficient (Wildman–Crippen LogP) is 2.58. The zero-order chi connectivity index (χ0) is 12.7. The van der Waals surface area contributed by atoms with Crippen LogP contribution in [0.4, 0.5) is 0 Å². The van der Waals surface area contributed by atoms with Crippen molar-refractivity contribution in [1.82, 2.24) is 5.32 Å². The van der Waals surface area contributed by atoms with E-state index in [-0.39, 0.29) is 6.10 Å². The van der Waals surface area contributed by atoms with Gasteiger partial charge in [-0.15, -0.1) is 0 Å². The number of benzene rings is 1. The molecule has 0 aliphatic carbocycles. The molecule has 0 bridgehead atoms. The van der Waals surface area contributed by atoms with Crippen molar-refractivity contribution in [3.05, 3.63) is 28.7 Å². The Balaban J connectivity index is 2.16. The number of aliphatic hydroxyl groups is 1. The van der Waals surface area contributed by atoms with E-state index >= 15 is 0 Å². The molecular formula is C13H20BrNO2. The van der Waals surface area contributed by atoms with Crippen molar-refractivity contribution in [1.29, 1.82) is 0 Å². The topological polar surface area (TPSA) is 41.5 Å². The summed E-state index contributed by atoms with van der Waals surface area (Å²) in [7, 11) is 0. The van der Waals surface area contributed by atoms with Gasteiger partial charge in [-0.1, -0.05) is 22.0 Å². The van der Waals surface area contributed by atoms with Crippen LogP contribution in [-0.2, 0) is 0 Å². The fraction of sp³-hybridized carbons (Fsp3) is 0.538. The van der Waals surface area contributed by atoms with Crippen LogP contribution in [0.25, 0.3) is 0 Å². The summed E-state index contributed by atoms with van der Waals surface area (Å²) in [6.45, 7) is 5.27. The zero-order valence-corrected chi connectivity index (χ0v) is 11.9. The van der Waals surface area contributed by atoms with Gasteiger partial charge in [-0.3, -0.25) is 0 Å². The van der Waals surface area contributed by atoms with Crippen molar-refractivity contribution in [2.75, 3.05) is 13.2 Å². The van der Waals surface area contributed by atoms with Gasteiger partial charge >= 0.3 is 0 Å².